The Balaban J connectivity index is 1.96. The van der Waals surface area contributed by atoms with Gasteiger partial charge in [-0.3, -0.25) is 0 Å². The maximum atomic E-state index is 11.8. The summed E-state index contributed by atoms with van der Waals surface area (Å²) < 4.78 is 11.4. The molecule has 0 saturated heterocycles. The van der Waals surface area contributed by atoms with Crippen LogP contribution in [-0.4, -0.2) is 26.2 Å². The van der Waals surface area contributed by atoms with Crippen LogP contribution in [0.5, 0.6) is 5.75 Å². The number of anilines is 1. The van der Waals surface area contributed by atoms with Gasteiger partial charge in [0.2, 0.25) is 0 Å². The standard InChI is InChI=1S/C18H20BrNO3/c1-12-4-5-13(2)17(10-12)23-9-8-20-16-7-6-14(19)11-15(16)18(21)22-3/h4-7,10-11,20H,8-9H2,1-3H3. The molecule has 0 heterocycles. The van der Waals surface area contributed by atoms with Gasteiger partial charge in [0.25, 0.3) is 0 Å². The first kappa shape index (κ1) is 17.3. The molecule has 2 aromatic rings. The smallest absolute Gasteiger partial charge is 0.340 e. The van der Waals surface area contributed by atoms with Crippen molar-refractivity contribution in [1.82, 2.24) is 0 Å². The minimum atomic E-state index is -0.371. The van der Waals surface area contributed by atoms with Gasteiger partial charge < -0.3 is 14.8 Å². The molecule has 0 fully saturated rings. The molecule has 0 atom stereocenters. The number of aryl methyl sites for hydroxylation is 2. The van der Waals surface area contributed by atoms with Crippen molar-refractivity contribution in [3.8, 4) is 5.75 Å². The van der Waals surface area contributed by atoms with Crippen molar-refractivity contribution in [3.05, 3.63) is 57.6 Å². The summed E-state index contributed by atoms with van der Waals surface area (Å²) in [5, 5.41) is 3.21. The quantitative estimate of drug-likeness (QED) is 0.600. The molecule has 0 radical (unpaired) electrons. The van der Waals surface area contributed by atoms with E-state index in [1.165, 1.54) is 12.7 Å². The highest BCUT2D eigenvalue weighted by Crippen LogP contribution is 2.22. The molecule has 0 aliphatic carbocycles. The van der Waals surface area contributed by atoms with E-state index < -0.39 is 0 Å². The van der Waals surface area contributed by atoms with Crippen molar-refractivity contribution in [1.29, 1.82) is 0 Å². The molecular weight excluding hydrogens is 358 g/mol. The van der Waals surface area contributed by atoms with Crippen LogP contribution in [0.4, 0.5) is 5.69 Å². The summed E-state index contributed by atoms with van der Waals surface area (Å²) >= 11 is 3.36. The van der Waals surface area contributed by atoms with E-state index in [-0.39, 0.29) is 5.97 Å². The molecule has 0 aliphatic heterocycles. The lowest BCUT2D eigenvalue weighted by Crippen LogP contribution is -2.15. The second-order valence-corrected chi connectivity index (χ2v) is 6.14. The van der Waals surface area contributed by atoms with Gasteiger partial charge >= 0.3 is 5.97 Å². The van der Waals surface area contributed by atoms with Crippen LogP contribution in [0.25, 0.3) is 0 Å². The molecule has 122 valence electrons. The number of carbonyl (C=O) groups is 1. The summed E-state index contributed by atoms with van der Waals surface area (Å²) in [5.74, 6) is 0.514. The zero-order valence-electron chi connectivity index (χ0n) is 13.5. The fourth-order valence-corrected chi connectivity index (χ4v) is 2.52. The third-order valence-corrected chi connectivity index (χ3v) is 3.90. The molecule has 0 unspecified atom stereocenters. The van der Waals surface area contributed by atoms with E-state index in [9.17, 15) is 4.79 Å². The minimum Gasteiger partial charge on any atom is -0.491 e. The summed E-state index contributed by atoms with van der Waals surface area (Å²) in [6.45, 7) is 5.14. The topological polar surface area (TPSA) is 47.6 Å². The molecule has 1 N–H and O–H groups in total. The summed E-state index contributed by atoms with van der Waals surface area (Å²) in [7, 11) is 1.37. The van der Waals surface area contributed by atoms with Crippen LogP contribution in [0.1, 0.15) is 21.5 Å². The van der Waals surface area contributed by atoms with E-state index in [2.05, 4.69) is 27.3 Å². The van der Waals surface area contributed by atoms with Crippen LogP contribution in [0, 0.1) is 13.8 Å². The van der Waals surface area contributed by atoms with Gasteiger partial charge in [-0.1, -0.05) is 28.1 Å². The number of methoxy groups -OCH3 is 1. The van der Waals surface area contributed by atoms with Crippen LogP contribution in [-0.2, 0) is 4.74 Å². The molecule has 5 heteroatoms. The number of esters is 1. The van der Waals surface area contributed by atoms with Crippen LogP contribution >= 0.6 is 15.9 Å². The lowest BCUT2D eigenvalue weighted by atomic mass is 10.1. The minimum absolute atomic E-state index is 0.371. The zero-order chi connectivity index (χ0) is 16.8. The van der Waals surface area contributed by atoms with Crippen molar-refractivity contribution >= 4 is 27.6 Å². The largest absolute Gasteiger partial charge is 0.491 e. The van der Waals surface area contributed by atoms with Gasteiger partial charge in [0.15, 0.2) is 0 Å². The second-order valence-electron chi connectivity index (χ2n) is 5.23. The van der Waals surface area contributed by atoms with E-state index >= 15 is 0 Å². The highest BCUT2D eigenvalue weighted by atomic mass is 79.9. The Kier molecular flexibility index (Phi) is 6.04. The molecule has 4 nitrogen and oxygen atoms in total. The Morgan fingerprint density at radius 3 is 2.70 bits per heavy atom. The Bertz CT molecular complexity index is 701. The highest BCUT2D eigenvalue weighted by Gasteiger charge is 2.12. The normalized spacial score (nSPS) is 10.3. The average molecular weight is 378 g/mol. The number of benzene rings is 2. The zero-order valence-corrected chi connectivity index (χ0v) is 15.1. The van der Waals surface area contributed by atoms with Crippen LogP contribution in [0.2, 0.25) is 0 Å². The van der Waals surface area contributed by atoms with Crippen LogP contribution in [0.15, 0.2) is 40.9 Å². The maximum absolute atomic E-state index is 11.8. The number of rotatable bonds is 6. The molecular formula is C18H20BrNO3. The molecule has 0 saturated carbocycles. The van der Waals surface area contributed by atoms with Crippen LogP contribution < -0.4 is 10.1 Å². The molecule has 0 amide bonds. The number of hydrogen-bond acceptors (Lipinski definition) is 4. The maximum Gasteiger partial charge on any atom is 0.340 e. The molecule has 0 aliphatic rings. The van der Waals surface area contributed by atoms with Crippen molar-refractivity contribution in [3.63, 3.8) is 0 Å². The van der Waals surface area contributed by atoms with Gasteiger partial charge in [0, 0.05) is 16.7 Å². The lowest BCUT2D eigenvalue weighted by Gasteiger charge is -2.13. The summed E-state index contributed by atoms with van der Waals surface area (Å²) in [4.78, 5) is 11.8. The van der Waals surface area contributed by atoms with E-state index in [0.717, 1.165) is 21.5 Å². The van der Waals surface area contributed by atoms with Gasteiger partial charge in [-0.05, 0) is 49.2 Å². The second kappa shape index (κ2) is 8.02. The Labute approximate surface area is 144 Å². The van der Waals surface area contributed by atoms with E-state index in [4.69, 9.17) is 9.47 Å². The molecule has 0 aromatic heterocycles. The number of ether oxygens (including phenoxy) is 2. The van der Waals surface area contributed by atoms with Crippen molar-refractivity contribution in [2.45, 2.75) is 13.8 Å². The van der Waals surface area contributed by atoms with Crippen molar-refractivity contribution in [2.24, 2.45) is 0 Å². The molecule has 23 heavy (non-hydrogen) atoms. The van der Waals surface area contributed by atoms with E-state index in [1.54, 1.807) is 6.07 Å². The first-order chi connectivity index (χ1) is 11.0. The fraction of sp³-hybridized carbons (Fsp3) is 0.278. The van der Waals surface area contributed by atoms with E-state index in [0.29, 0.717) is 18.7 Å². The Morgan fingerprint density at radius 1 is 1.17 bits per heavy atom. The lowest BCUT2D eigenvalue weighted by molar-refractivity contribution is 0.0601. The van der Waals surface area contributed by atoms with E-state index in [1.807, 2.05) is 38.1 Å². The molecule has 0 spiro atoms. The van der Waals surface area contributed by atoms with Gasteiger partial charge in [-0.2, -0.15) is 0 Å². The number of halogens is 1. The summed E-state index contributed by atoms with van der Waals surface area (Å²) in [6, 6.07) is 11.6. The fourth-order valence-electron chi connectivity index (χ4n) is 2.16. The third kappa shape index (κ3) is 4.73. The molecule has 2 aromatic carbocycles. The summed E-state index contributed by atoms with van der Waals surface area (Å²) in [5.41, 5.74) is 3.49. The van der Waals surface area contributed by atoms with Gasteiger partial charge in [0.1, 0.15) is 12.4 Å². The molecule has 0 bridgehead atoms. The Morgan fingerprint density at radius 2 is 1.96 bits per heavy atom. The monoisotopic (exact) mass is 377 g/mol. The first-order valence-corrected chi connectivity index (χ1v) is 8.12. The van der Waals surface area contributed by atoms with Crippen molar-refractivity contribution < 1.29 is 14.3 Å². The highest BCUT2D eigenvalue weighted by molar-refractivity contribution is 9.10. The predicted molar refractivity (Wildman–Crippen MR) is 95.4 cm³/mol. The Hall–Kier alpha value is -2.01. The van der Waals surface area contributed by atoms with Gasteiger partial charge in [0.05, 0.1) is 12.7 Å². The third-order valence-electron chi connectivity index (χ3n) is 3.41. The number of carbonyl (C=O) groups excluding carboxylic acids is 1. The van der Waals surface area contributed by atoms with Crippen molar-refractivity contribution in [2.75, 3.05) is 25.6 Å². The van der Waals surface area contributed by atoms with Gasteiger partial charge in [-0.25, -0.2) is 4.79 Å². The van der Waals surface area contributed by atoms with Gasteiger partial charge in [-0.15, -0.1) is 0 Å². The summed E-state index contributed by atoms with van der Waals surface area (Å²) in [6.07, 6.45) is 0. The first-order valence-electron chi connectivity index (χ1n) is 7.33. The number of hydrogen-bond donors (Lipinski definition) is 1. The molecule has 2 rings (SSSR count). The SMILES string of the molecule is COC(=O)c1cc(Br)ccc1NCCOc1cc(C)ccc1C. The number of nitrogens with one attached hydrogen (secondary N) is 1. The predicted octanol–water partition coefficient (Wildman–Crippen LogP) is 4.34. The van der Waals surface area contributed by atoms with Crippen LogP contribution in [0.3, 0.4) is 0 Å². The average Bonchev–Trinajstić information content (AvgIpc) is 2.54.